The van der Waals surface area contributed by atoms with Crippen molar-refractivity contribution in [1.82, 2.24) is 9.55 Å². The Morgan fingerprint density at radius 2 is 2.64 bits per heavy atom. The van der Waals surface area contributed by atoms with Crippen LogP contribution in [0.25, 0.3) is 0 Å². The number of hydrogen-bond donors (Lipinski definition) is 1. The molecule has 1 aromatic rings. The highest BCUT2D eigenvalue weighted by Crippen LogP contribution is 2.00. The zero-order chi connectivity index (χ0) is 8.27. The SMILES string of the molecule is Cn1cnc(NC(=O)CBr)c1. The summed E-state index contributed by atoms with van der Waals surface area (Å²) >= 11 is 3.03. The van der Waals surface area contributed by atoms with Crippen molar-refractivity contribution in [3.05, 3.63) is 12.5 Å². The van der Waals surface area contributed by atoms with Crippen molar-refractivity contribution in [2.24, 2.45) is 7.05 Å². The predicted octanol–water partition coefficient (Wildman–Crippen LogP) is 0.753. The highest BCUT2D eigenvalue weighted by Gasteiger charge is 2.00. The van der Waals surface area contributed by atoms with Gasteiger partial charge in [0.05, 0.1) is 11.7 Å². The normalized spacial score (nSPS) is 9.64. The van der Waals surface area contributed by atoms with Crippen LogP contribution in [0.3, 0.4) is 0 Å². The van der Waals surface area contributed by atoms with E-state index in [1.807, 2.05) is 7.05 Å². The number of nitrogens with one attached hydrogen (secondary N) is 1. The molecule has 0 aliphatic rings. The Bertz CT molecular complexity index is 258. The highest BCUT2D eigenvalue weighted by molar-refractivity contribution is 9.09. The quantitative estimate of drug-likeness (QED) is 0.744. The highest BCUT2D eigenvalue weighted by atomic mass is 79.9. The van der Waals surface area contributed by atoms with Gasteiger partial charge in [-0.3, -0.25) is 4.79 Å². The molecule has 60 valence electrons. The van der Waals surface area contributed by atoms with Gasteiger partial charge in [-0.05, 0) is 0 Å². The van der Waals surface area contributed by atoms with Crippen LogP contribution in [0.5, 0.6) is 0 Å². The minimum Gasteiger partial charge on any atom is -0.338 e. The van der Waals surface area contributed by atoms with E-state index in [1.165, 1.54) is 0 Å². The van der Waals surface area contributed by atoms with E-state index in [4.69, 9.17) is 0 Å². The molecule has 0 fully saturated rings. The van der Waals surface area contributed by atoms with Gasteiger partial charge in [-0.15, -0.1) is 0 Å². The average Bonchev–Trinajstić information content (AvgIpc) is 2.35. The molecule has 0 saturated heterocycles. The fraction of sp³-hybridized carbons (Fsp3) is 0.333. The minimum atomic E-state index is -0.0938. The predicted molar refractivity (Wildman–Crippen MR) is 45.6 cm³/mol. The second-order valence-electron chi connectivity index (χ2n) is 2.11. The first kappa shape index (κ1) is 8.26. The molecule has 0 aliphatic carbocycles. The standard InChI is InChI=1S/C6H8BrN3O/c1-10-3-5(8-4-10)9-6(11)2-7/h3-4H,2H2,1H3,(H,9,11). The maximum absolute atomic E-state index is 10.8. The molecule has 4 nitrogen and oxygen atoms in total. The van der Waals surface area contributed by atoms with E-state index in [2.05, 4.69) is 26.2 Å². The first-order valence-electron chi connectivity index (χ1n) is 3.06. The van der Waals surface area contributed by atoms with Gasteiger partial charge in [0, 0.05) is 13.2 Å². The van der Waals surface area contributed by atoms with Crippen LogP contribution < -0.4 is 5.32 Å². The molecule has 0 radical (unpaired) electrons. The van der Waals surface area contributed by atoms with Crippen LogP contribution in [0.4, 0.5) is 5.82 Å². The van der Waals surface area contributed by atoms with Crippen LogP contribution in [0.2, 0.25) is 0 Å². The van der Waals surface area contributed by atoms with E-state index < -0.39 is 0 Å². The lowest BCUT2D eigenvalue weighted by Crippen LogP contribution is -2.12. The van der Waals surface area contributed by atoms with Crippen molar-refractivity contribution in [3.8, 4) is 0 Å². The van der Waals surface area contributed by atoms with E-state index in [0.717, 1.165) is 0 Å². The summed E-state index contributed by atoms with van der Waals surface area (Å²) in [7, 11) is 1.84. The van der Waals surface area contributed by atoms with E-state index in [9.17, 15) is 4.79 Å². The molecule has 0 atom stereocenters. The van der Waals surface area contributed by atoms with E-state index in [1.54, 1.807) is 17.1 Å². The molecule has 5 heteroatoms. The van der Waals surface area contributed by atoms with Gasteiger partial charge >= 0.3 is 0 Å². The van der Waals surface area contributed by atoms with Gasteiger partial charge in [0.1, 0.15) is 0 Å². The Balaban J connectivity index is 2.57. The lowest BCUT2D eigenvalue weighted by Gasteiger charge is -1.95. The molecule has 11 heavy (non-hydrogen) atoms. The molecule has 1 aromatic heterocycles. The number of aryl methyl sites for hydroxylation is 1. The number of nitrogens with zero attached hydrogens (tertiary/aromatic N) is 2. The van der Waals surface area contributed by atoms with Gasteiger partial charge in [-0.25, -0.2) is 4.98 Å². The number of amides is 1. The van der Waals surface area contributed by atoms with Crippen molar-refractivity contribution in [1.29, 1.82) is 0 Å². The topological polar surface area (TPSA) is 46.9 Å². The van der Waals surface area contributed by atoms with Gasteiger partial charge in [-0.1, -0.05) is 15.9 Å². The molecule has 0 saturated carbocycles. The van der Waals surface area contributed by atoms with Crippen LogP contribution in [0, 0.1) is 0 Å². The van der Waals surface area contributed by atoms with Crippen LogP contribution in [0.1, 0.15) is 0 Å². The first-order valence-corrected chi connectivity index (χ1v) is 4.18. The summed E-state index contributed by atoms with van der Waals surface area (Å²) in [6.45, 7) is 0. The Morgan fingerprint density at radius 3 is 3.09 bits per heavy atom. The molecule has 1 rings (SSSR count). The lowest BCUT2D eigenvalue weighted by atomic mass is 10.6. The number of halogens is 1. The van der Waals surface area contributed by atoms with Crippen molar-refractivity contribution < 1.29 is 4.79 Å². The molecule has 0 aliphatic heterocycles. The Morgan fingerprint density at radius 1 is 1.91 bits per heavy atom. The number of rotatable bonds is 2. The summed E-state index contributed by atoms with van der Waals surface area (Å²) in [5, 5.41) is 2.89. The number of imidazole rings is 1. The zero-order valence-electron chi connectivity index (χ0n) is 6.04. The number of aromatic nitrogens is 2. The number of carbonyl (C=O) groups excluding carboxylic acids is 1. The Kier molecular flexibility index (Phi) is 2.64. The molecule has 0 spiro atoms. The summed E-state index contributed by atoms with van der Waals surface area (Å²) < 4.78 is 1.77. The number of carbonyl (C=O) groups is 1. The van der Waals surface area contributed by atoms with Gasteiger partial charge in [-0.2, -0.15) is 0 Å². The number of alkyl halides is 1. The van der Waals surface area contributed by atoms with Gasteiger partial charge in [0.2, 0.25) is 5.91 Å². The fourth-order valence-electron chi connectivity index (χ4n) is 0.654. The smallest absolute Gasteiger partial charge is 0.236 e. The summed E-state index contributed by atoms with van der Waals surface area (Å²) in [4.78, 5) is 14.7. The molecule has 1 N–H and O–H groups in total. The van der Waals surface area contributed by atoms with Crippen molar-refractivity contribution in [3.63, 3.8) is 0 Å². The summed E-state index contributed by atoms with van der Waals surface area (Å²) in [6.07, 6.45) is 3.37. The minimum absolute atomic E-state index is 0.0938. The summed E-state index contributed by atoms with van der Waals surface area (Å²) in [5.74, 6) is 0.487. The Hall–Kier alpha value is -0.840. The molecule has 1 amide bonds. The van der Waals surface area contributed by atoms with Crippen molar-refractivity contribution in [2.45, 2.75) is 0 Å². The number of hydrogen-bond acceptors (Lipinski definition) is 2. The molecule has 0 unspecified atom stereocenters. The molecule has 0 bridgehead atoms. The maximum Gasteiger partial charge on any atom is 0.236 e. The third-order valence-electron chi connectivity index (χ3n) is 1.09. The van der Waals surface area contributed by atoms with Crippen molar-refractivity contribution in [2.75, 3.05) is 10.6 Å². The van der Waals surface area contributed by atoms with E-state index in [0.29, 0.717) is 11.1 Å². The first-order chi connectivity index (χ1) is 5.22. The summed E-state index contributed by atoms with van der Waals surface area (Å²) in [6, 6.07) is 0. The second kappa shape index (κ2) is 3.52. The van der Waals surface area contributed by atoms with Crippen LogP contribution in [-0.2, 0) is 11.8 Å². The van der Waals surface area contributed by atoms with Gasteiger partial charge < -0.3 is 9.88 Å². The van der Waals surface area contributed by atoms with Crippen LogP contribution >= 0.6 is 15.9 Å². The monoisotopic (exact) mass is 217 g/mol. The number of anilines is 1. The summed E-state index contributed by atoms with van der Waals surface area (Å²) in [5.41, 5.74) is 0. The molecule has 0 aromatic carbocycles. The van der Waals surface area contributed by atoms with Crippen LogP contribution in [0.15, 0.2) is 12.5 Å². The van der Waals surface area contributed by atoms with Crippen molar-refractivity contribution >= 4 is 27.7 Å². The Labute approximate surface area is 72.7 Å². The molecular weight excluding hydrogens is 210 g/mol. The third kappa shape index (κ3) is 2.34. The van der Waals surface area contributed by atoms with Gasteiger partial charge in [0.15, 0.2) is 5.82 Å². The molecule has 1 heterocycles. The fourth-order valence-corrected chi connectivity index (χ4v) is 0.794. The average molecular weight is 218 g/mol. The van der Waals surface area contributed by atoms with E-state index >= 15 is 0 Å². The lowest BCUT2D eigenvalue weighted by molar-refractivity contribution is -0.113. The van der Waals surface area contributed by atoms with Crippen LogP contribution in [-0.4, -0.2) is 20.8 Å². The van der Waals surface area contributed by atoms with E-state index in [-0.39, 0.29) is 5.91 Å². The second-order valence-corrected chi connectivity index (χ2v) is 2.67. The maximum atomic E-state index is 10.8. The van der Waals surface area contributed by atoms with Gasteiger partial charge in [0.25, 0.3) is 0 Å². The third-order valence-corrected chi connectivity index (χ3v) is 1.60. The molecular formula is C6H8BrN3O. The largest absolute Gasteiger partial charge is 0.338 e. The zero-order valence-corrected chi connectivity index (χ0v) is 7.63.